The summed E-state index contributed by atoms with van der Waals surface area (Å²) in [7, 11) is 0. The number of hydrogen-bond acceptors (Lipinski definition) is 5. The minimum absolute atomic E-state index is 0. The van der Waals surface area contributed by atoms with Gasteiger partial charge in [0.2, 0.25) is 0 Å². The van der Waals surface area contributed by atoms with Gasteiger partial charge in [-0.2, -0.15) is 12.6 Å². The zero-order valence-electron chi connectivity index (χ0n) is 10.3. The van der Waals surface area contributed by atoms with Gasteiger partial charge in [0.05, 0.1) is 0 Å². The van der Waals surface area contributed by atoms with E-state index in [0.29, 0.717) is 0 Å². The van der Waals surface area contributed by atoms with Gasteiger partial charge in [-0.15, -0.1) is 7.26 Å². The van der Waals surface area contributed by atoms with Crippen molar-refractivity contribution in [1.82, 2.24) is 0 Å². The molecular weight excluding hydrogens is 687 g/mol. The molecule has 14 heavy (non-hydrogen) atoms. The van der Waals surface area contributed by atoms with E-state index in [-0.39, 0.29) is 195 Å². The van der Waals surface area contributed by atoms with Crippen LogP contribution in [-0.2, 0) is 41.3 Å². The Morgan fingerprint density at radius 2 is 1.07 bits per heavy atom. The van der Waals surface area contributed by atoms with Gasteiger partial charge < -0.3 is 5.71 Å². The Bertz CT molecular complexity index is 182. The molecule has 2 unspecified atom stereocenters. The van der Waals surface area contributed by atoms with Crippen molar-refractivity contribution >= 4 is 125 Å². The molecule has 0 heterocycles. The first-order valence-electron chi connectivity index (χ1n) is 1.53. The molecule has 0 aromatic carbocycles. The Morgan fingerprint density at radius 1 is 0.857 bits per heavy atom. The average Bonchev–Trinajstić information content (AvgIpc) is 1.58. The summed E-state index contributed by atoms with van der Waals surface area (Å²) in [6, 6.07) is 0. The fraction of sp³-hybridized carbons (Fsp3) is 0. The van der Waals surface area contributed by atoms with E-state index < -0.39 is 34.1 Å². The van der Waals surface area contributed by atoms with Crippen LogP contribution in [0.5, 0.6) is 0 Å². The van der Waals surface area contributed by atoms with Gasteiger partial charge in [0.1, 0.15) is 0 Å². The van der Waals surface area contributed by atoms with E-state index in [1.165, 1.54) is 0 Å². The molecule has 14 heteroatoms. The topological polar surface area (TPSA) is 110 Å². The van der Waals surface area contributed by atoms with Crippen molar-refractivity contribution < 1.29 is 133 Å². The maximum atomic E-state index is 10.0. The molecule has 2 N–H and O–H groups in total. The first-order valence-corrected chi connectivity index (χ1v) is 4.60. The summed E-state index contributed by atoms with van der Waals surface area (Å²) in [6.45, 7) is 0. The molecule has 0 saturated carbocycles. The van der Waals surface area contributed by atoms with Crippen molar-refractivity contribution in [2.24, 2.45) is 0 Å². The first-order chi connectivity index (χ1) is 4.52. The summed E-state index contributed by atoms with van der Waals surface area (Å²) in [5.74, 6) is 0. The summed E-state index contributed by atoms with van der Waals surface area (Å²) < 4.78 is 51.9. The third-order valence-corrected chi connectivity index (χ3v) is 2.05. The first kappa shape index (κ1) is 32.4. The van der Waals surface area contributed by atoms with Crippen LogP contribution in [0.4, 0.5) is 0 Å². The van der Waals surface area contributed by atoms with Gasteiger partial charge in [-0.1, -0.05) is 0 Å². The van der Waals surface area contributed by atoms with Crippen molar-refractivity contribution in [1.29, 1.82) is 0 Å². The molecule has 0 aliphatic heterocycles. The van der Waals surface area contributed by atoms with Crippen LogP contribution in [0.3, 0.4) is 0 Å². The van der Waals surface area contributed by atoms with Crippen LogP contribution in [0, 0.1) is 98.8 Å². The summed E-state index contributed by atoms with van der Waals surface area (Å²) in [4.78, 5) is 0. The second-order valence-electron chi connectivity index (χ2n) is 0.774. The van der Waals surface area contributed by atoms with Crippen molar-refractivity contribution in [2.75, 3.05) is 0 Å². The monoisotopic (exact) mass is 696 g/mol. The van der Waals surface area contributed by atoms with Gasteiger partial charge in [-0.25, -0.2) is 0 Å². The van der Waals surface area contributed by atoms with E-state index in [4.69, 9.17) is 9.11 Å². The van der Waals surface area contributed by atoms with Crippen molar-refractivity contribution in [3.8, 4) is 0 Å². The fourth-order valence-electron chi connectivity index (χ4n) is 0.106. The standard InChI is InChI=1S/2Eu.H2O7S3.2Sr.4H/c;;1-8(2)6-10(5)7-9(3)4;;;;;;/h;;(H,1,2)(H,3,4);;;;;;/q;;;2*+2;4*-1. The number of hydrogen-bond donors (Lipinski definition) is 2. The summed E-state index contributed by atoms with van der Waals surface area (Å²) in [6.07, 6.45) is 0. The average molecular weight is 693 g/mol. The Labute approximate surface area is 250 Å². The molecule has 0 fully saturated rings. The molecule has 0 aliphatic carbocycles. The molecule has 0 amide bonds. The minimum atomic E-state index is -2.78. The van der Waals surface area contributed by atoms with Crippen LogP contribution in [0.1, 0.15) is 5.71 Å². The maximum absolute atomic E-state index is 10.0. The van der Waals surface area contributed by atoms with Gasteiger partial charge >= 0.3 is 125 Å². The van der Waals surface area contributed by atoms with E-state index in [0.717, 1.165) is 0 Å². The van der Waals surface area contributed by atoms with Crippen molar-refractivity contribution in [3.05, 3.63) is 0 Å². The fourth-order valence-corrected chi connectivity index (χ4v) is 1.16. The molecule has 2 radical (unpaired) electrons. The van der Waals surface area contributed by atoms with E-state index in [1.54, 1.807) is 0 Å². The van der Waals surface area contributed by atoms with Gasteiger partial charge in [0.25, 0.3) is 0 Å². The molecule has 0 rings (SSSR count). The van der Waals surface area contributed by atoms with E-state index in [9.17, 15) is 12.6 Å². The minimum Gasteiger partial charge on any atom is -1.00 e. The SMILES string of the molecule is O=S(O)OS(=O)OS(=O)O.[Eu].[Eu].[H-].[H-].[H-].[H-].[Sr+2].[Sr+2]. The third kappa shape index (κ3) is 26.9. The zero-order valence-corrected chi connectivity index (χ0v) is 20.6. The molecule has 7 nitrogen and oxygen atoms in total. The Balaban J connectivity index is -0.0000000145. The summed E-state index contributed by atoms with van der Waals surface area (Å²) in [5, 5.41) is 0. The van der Waals surface area contributed by atoms with Crippen LogP contribution >= 0.6 is 0 Å². The second-order valence-corrected chi connectivity index (χ2v) is 3.14. The van der Waals surface area contributed by atoms with Crippen molar-refractivity contribution in [3.63, 3.8) is 0 Å². The van der Waals surface area contributed by atoms with Crippen LogP contribution in [0.2, 0.25) is 0 Å². The van der Waals surface area contributed by atoms with Crippen LogP contribution < -0.4 is 0 Å². The third-order valence-electron chi connectivity index (χ3n) is 0.228. The molecular formula is H6Eu2O7S3Sr2. The molecule has 0 aliphatic rings. The smallest absolute Gasteiger partial charge is 1.00 e. The van der Waals surface area contributed by atoms with E-state index in [1.807, 2.05) is 0 Å². The molecule has 0 aromatic rings. The normalized spacial score (nSPS) is 14.1. The Morgan fingerprint density at radius 3 is 1.21 bits per heavy atom. The van der Waals surface area contributed by atoms with Gasteiger partial charge in [0, 0.05) is 98.8 Å². The molecule has 84 valence electrons. The van der Waals surface area contributed by atoms with Crippen LogP contribution in [-0.4, -0.2) is 113 Å². The largest absolute Gasteiger partial charge is 2.00 e. The van der Waals surface area contributed by atoms with E-state index in [2.05, 4.69) is 7.26 Å². The van der Waals surface area contributed by atoms with Crippen molar-refractivity contribution in [2.45, 2.75) is 0 Å². The second kappa shape index (κ2) is 21.7. The van der Waals surface area contributed by atoms with Crippen LogP contribution in [0.15, 0.2) is 0 Å². The predicted octanol–water partition coefficient (Wildman–Crippen LogP) is -1.44. The number of rotatable bonds is 4. The molecule has 0 bridgehead atoms. The molecule has 2 atom stereocenters. The molecule has 0 aromatic heterocycles. The predicted molar refractivity (Wildman–Crippen MR) is 47.8 cm³/mol. The Hall–Kier alpha value is 6.42. The van der Waals surface area contributed by atoms with Gasteiger partial charge in [-0.05, 0) is 0 Å². The van der Waals surface area contributed by atoms with Crippen LogP contribution in [0.25, 0.3) is 0 Å². The maximum Gasteiger partial charge on any atom is 2.00 e. The quantitative estimate of drug-likeness (QED) is 0.275. The molecule has 0 spiro atoms. The summed E-state index contributed by atoms with van der Waals surface area (Å²) >= 11 is -8.25. The van der Waals surface area contributed by atoms with Gasteiger partial charge in [-0.3, -0.25) is 9.11 Å². The Kier molecular flexibility index (Phi) is 50.2. The molecule has 0 saturated heterocycles. The zero-order chi connectivity index (χ0) is 8.15. The summed E-state index contributed by atoms with van der Waals surface area (Å²) in [5.41, 5.74) is 0. The van der Waals surface area contributed by atoms with Gasteiger partial charge in [0.15, 0.2) is 0 Å². The van der Waals surface area contributed by atoms with E-state index >= 15 is 0 Å².